The molecule has 0 atom stereocenters. The Balaban J connectivity index is 1.36. The summed E-state index contributed by atoms with van der Waals surface area (Å²) in [7, 11) is 0. The topological polar surface area (TPSA) is 44.7 Å². The molecule has 0 spiro atoms. The SMILES string of the molecule is CCN1CCN(CC#CCOC2CCN(c3cc(C(F)(F)F)ncn3)CC2)CC1. The van der Waals surface area contributed by atoms with Crippen LogP contribution >= 0.6 is 0 Å². The largest absolute Gasteiger partial charge is 0.433 e. The van der Waals surface area contributed by atoms with E-state index in [4.69, 9.17) is 4.74 Å². The standard InChI is InChI=1S/C20H28F3N5O/c1-2-26-10-12-27(13-11-26)7-3-4-14-29-17-5-8-28(9-6-17)19-15-18(20(21,22)23)24-16-25-19/h15-17H,2,5-14H2,1H3. The van der Waals surface area contributed by atoms with Gasteiger partial charge >= 0.3 is 6.18 Å². The number of alkyl halides is 3. The molecule has 3 rings (SSSR count). The molecule has 0 amide bonds. The minimum atomic E-state index is -4.46. The van der Waals surface area contributed by atoms with E-state index in [1.165, 1.54) is 0 Å². The van der Waals surface area contributed by atoms with Crippen molar-refractivity contribution in [1.29, 1.82) is 0 Å². The summed E-state index contributed by atoms with van der Waals surface area (Å²) in [6, 6.07) is 1.01. The summed E-state index contributed by atoms with van der Waals surface area (Å²) in [5.74, 6) is 6.58. The molecular weight excluding hydrogens is 383 g/mol. The molecule has 0 radical (unpaired) electrons. The van der Waals surface area contributed by atoms with Crippen molar-refractivity contribution >= 4 is 5.82 Å². The van der Waals surface area contributed by atoms with Crippen molar-refractivity contribution in [1.82, 2.24) is 19.8 Å². The summed E-state index contributed by atoms with van der Waals surface area (Å²) in [6.07, 6.45) is -1.92. The minimum absolute atomic E-state index is 0.0811. The number of ether oxygens (including phenoxy) is 1. The van der Waals surface area contributed by atoms with Crippen LogP contribution in [0.15, 0.2) is 12.4 Å². The van der Waals surface area contributed by atoms with Crippen LogP contribution in [0.2, 0.25) is 0 Å². The number of piperidine rings is 1. The number of piperazine rings is 1. The van der Waals surface area contributed by atoms with Crippen LogP contribution in [0.5, 0.6) is 0 Å². The van der Waals surface area contributed by atoms with E-state index in [1.807, 2.05) is 4.90 Å². The maximum Gasteiger partial charge on any atom is 0.433 e. The molecule has 2 saturated heterocycles. The van der Waals surface area contributed by atoms with Gasteiger partial charge < -0.3 is 14.5 Å². The molecule has 6 nitrogen and oxygen atoms in total. The molecule has 0 aromatic carbocycles. The summed E-state index contributed by atoms with van der Waals surface area (Å²) < 4.78 is 44.2. The van der Waals surface area contributed by atoms with Crippen molar-refractivity contribution in [2.75, 3.05) is 63.9 Å². The summed E-state index contributed by atoms with van der Waals surface area (Å²) in [5.41, 5.74) is -0.910. The van der Waals surface area contributed by atoms with Gasteiger partial charge in [-0.2, -0.15) is 13.2 Å². The van der Waals surface area contributed by atoms with Gasteiger partial charge in [0.15, 0.2) is 0 Å². The highest BCUT2D eigenvalue weighted by atomic mass is 19.4. The Morgan fingerprint density at radius 3 is 2.38 bits per heavy atom. The molecule has 1 aromatic rings. The first-order valence-electron chi connectivity index (χ1n) is 10.1. The Bertz CT molecular complexity index is 702. The van der Waals surface area contributed by atoms with Gasteiger partial charge in [-0.05, 0) is 19.4 Å². The van der Waals surface area contributed by atoms with Gasteiger partial charge in [0.1, 0.15) is 24.4 Å². The summed E-state index contributed by atoms with van der Waals surface area (Å²) >= 11 is 0. The van der Waals surface area contributed by atoms with E-state index < -0.39 is 11.9 Å². The predicted octanol–water partition coefficient (Wildman–Crippen LogP) is 2.12. The lowest BCUT2D eigenvalue weighted by atomic mass is 10.1. The molecule has 1 aromatic heterocycles. The lowest BCUT2D eigenvalue weighted by molar-refractivity contribution is -0.141. The molecule has 0 aliphatic carbocycles. The van der Waals surface area contributed by atoms with Crippen LogP contribution in [-0.4, -0.2) is 84.8 Å². The Hall–Kier alpha value is -1.89. The molecule has 0 bridgehead atoms. The Morgan fingerprint density at radius 1 is 1.03 bits per heavy atom. The van der Waals surface area contributed by atoms with Gasteiger partial charge in [-0.25, -0.2) is 9.97 Å². The fourth-order valence-corrected chi connectivity index (χ4v) is 3.57. The molecule has 2 fully saturated rings. The van der Waals surface area contributed by atoms with Crippen LogP contribution < -0.4 is 4.90 Å². The van der Waals surface area contributed by atoms with Gasteiger partial charge in [-0.15, -0.1) is 0 Å². The van der Waals surface area contributed by atoms with Crippen molar-refractivity contribution in [3.63, 3.8) is 0 Å². The first kappa shape index (κ1) is 21.8. The number of anilines is 1. The zero-order valence-corrected chi connectivity index (χ0v) is 16.8. The fraction of sp³-hybridized carbons (Fsp3) is 0.700. The van der Waals surface area contributed by atoms with Crippen molar-refractivity contribution in [2.24, 2.45) is 0 Å². The molecular formula is C20H28F3N5O. The van der Waals surface area contributed by atoms with E-state index in [2.05, 4.69) is 38.5 Å². The maximum atomic E-state index is 12.8. The molecule has 3 heterocycles. The predicted molar refractivity (Wildman–Crippen MR) is 105 cm³/mol. The summed E-state index contributed by atoms with van der Waals surface area (Å²) in [4.78, 5) is 13.9. The smallest absolute Gasteiger partial charge is 0.365 e. The lowest BCUT2D eigenvalue weighted by Crippen LogP contribution is -2.46. The summed E-state index contributed by atoms with van der Waals surface area (Å²) in [6.45, 7) is 9.98. The van der Waals surface area contributed by atoms with Gasteiger partial charge in [-0.1, -0.05) is 18.8 Å². The molecule has 9 heteroatoms. The zero-order valence-electron chi connectivity index (χ0n) is 16.8. The molecule has 29 heavy (non-hydrogen) atoms. The second kappa shape index (κ2) is 10.2. The van der Waals surface area contributed by atoms with Gasteiger partial charge in [-0.3, -0.25) is 4.90 Å². The van der Waals surface area contributed by atoms with Crippen molar-refractivity contribution in [3.05, 3.63) is 18.1 Å². The zero-order chi connectivity index (χ0) is 20.7. The van der Waals surface area contributed by atoms with Crippen molar-refractivity contribution in [2.45, 2.75) is 32.0 Å². The molecule has 0 N–H and O–H groups in total. The quantitative estimate of drug-likeness (QED) is 0.692. The molecule has 2 aliphatic rings. The number of nitrogens with zero attached hydrogens (tertiary/aromatic N) is 5. The van der Waals surface area contributed by atoms with E-state index in [0.717, 1.165) is 64.5 Å². The second-order valence-electron chi connectivity index (χ2n) is 7.32. The minimum Gasteiger partial charge on any atom is -0.365 e. The first-order valence-corrected chi connectivity index (χ1v) is 10.1. The van der Waals surface area contributed by atoms with Crippen LogP contribution in [0.1, 0.15) is 25.5 Å². The van der Waals surface area contributed by atoms with Crippen LogP contribution in [0.3, 0.4) is 0 Å². The monoisotopic (exact) mass is 411 g/mol. The molecule has 160 valence electrons. The molecule has 0 unspecified atom stereocenters. The van der Waals surface area contributed by atoms with Crippen LogP contribution in [0.4, 0.5) is 19.0 Å². The van der Waals surface area contributed by atoms with E-state index in [9.17, 15) is 13.2 Å². The van der Waals surface area contributed by atoms with Crippen LogP contribution in [0.25, 0.3) is 0 Å². The third-order valence-electron chi connectivity index (χ3n) is 5.44. The third kappa shape index (κ3) is 6.56. The third-order valence-corrected chi connectivity index (χ3v) is 5.44. The number of hydrogen-bond donors (Lipinski definition) is 0. The van der Waals surface area contributed by atoms with Gasteiger partial charge in [0, 0.05) is 45.3 Å². The first-order chi connectivity index (χ1) is 14.0. The van der Waals surface area contributed by atoms with Crippen molar-refractivity contribution < 1.29 is 17.9 Å². The van der Waals surface area contributed by atoms with E-state index in [0.29, 0.717) is 25.5 Å². The number of likely N-dealkylation sites (N-methyl/N-ethyl adjacent to an activating group) is 1. The number of halogens is 3. The molecule has 2 aliphatic heterocycles. The highest BCUT2D eigenvalue weighted by molar-refractivity contribution is 5.40. The summed E-state index contributed by atoms with van der Waals surface area (Å²) in [5, 5.41) is 0. The highest BCUT2D eigenvalue weighted by Gasteiger charge is 2.33. The lowest BCUT2D eigenvalue weighted by Gasteiger charge is -2.33. The van der Waals surface area contributed by atoms with Crippen LogP contribution in [-0.2, 0) is 10.9 Å². The average molecular weight is 411 g/mol. The maximum absolute atomic E-state index is 12.8. The van der Waals surface area contributed by atoms with Gasteiger partial charge in [0.25, 0.3) is 0 Å². The van der Waals surface area contributed by atoms with Gasteiger partial charge in [0.05, 0.1) is 12.6 Å². The number of hydrogen-bond acceptors (Lipinski definition) is 6. The fourth-order valence-electron chi connectivity index (χ4n) is 3.57. The Morgan fingerprint density at radius 2 is 1.72 bits per heavy atom. The normalized spacial score (nSPS) is 19.8. The second-order valence-corrected chi connectivity index (χ2v) is 7.32. The van der Waals surface area contributed by atoms with E-state index >= 15 is 0 Å². The van der Waals surface area contributed by atoms with Gasteiger partial charge in [0.2, 0.25) is 0 Å². The average Bonchev–Trinajstić information content (AvgIpc) is 2.74. The Labute approximate surface area is 170 Å². The number of aromatic nitrogens is 2. The van der Waals surface area contributed by atoms with Crippen LogP contribution in [0, 0.1) is 11.8 Å². The van der Waals surface area contributed by atoms with Crippen molar-refractivity contribution in [3.8, 4) is 11.8 Å². The van der Waals surface area contributed by atoms with E-state index in [-0.39, 0.29) is 6.10 Å². The van der Waals surface area contributed by atoms with E-state index in [1.54, 1.807) is 0 Å². The molecule has 0 saturated carbocycles. The number of rotatable bonds is 5. The Kier molecular flexibility index (Phi) is 7.70. The highest BCUT2D eigenvalue weighted by Crippen LogP contribution is 2.29.